The average Bonchev–Trinajstić information content (AvgIpc) is 2.65. The van der Waals surface area contributed by atoms with Crippen LogP contribution in [0.3, 0.4) is 0 Å². The van der Waals surface area contributed by atoms with Crippen molar-refractivity contribution in [3.63, 3.8) is 0 Å². The number of benzene rings is 1. The van der Waals surface area contributed by atoms with Gasteiger partial charge < -0.3 is 5.32 Å². The molecule has 0 saturated carbocycles. The summed E-state index contributed by atoms with van der Waals surface area (Å²) in [5.41, 5.74) is 3.64. The summed E-state index contributed by atoms with van der Waals surface area (Å²) in [7, 11) is 0. The first-order chi connectivity index (χ1) is 6.45. The molecule has 0 spiro atoms. The normalized spacial score (nSPS) is 14.2. The molecule has 0 radical (unpaired) electrons. The Morgan fingerprint density at radius 3 is 3.31 bits per heavy atom. The quantitative estimate of drug-likeness (QED) is 0.654. The van der Waals surface area contributed by atoms with Gasteiger partial charge in [0.2, 0.25) is 0 Å². The molecule has 3 rings (SSSR count). The zero-order chi connectivity index (χ0) is 8.67. The highest BCUT2D eigenvalue weighted by Gasteiger charge is 2.12. The molecule has 0 fully saturated rings. The topological polar surface area (TPSA) is 37.8 Å². The molecule has 1 aromatic heterocycles. The first-order valence-electron chi connectivity index (χ1n) is 4.40. The van der Waals surface area contributed by atoms with Crippen LogP contribution < -0.4 is 5.32 Å². The van der Waals surface area contributed by atoms with Crippen molar-refractivity contribution >= 4 is 16.6 Å². The van der Waals surface area contributed by atoms with E-state index in [0.717, 1.165) is 18.5 Å². The summed E-state index contributed by atoms with van der Waals surface area (Å²) in [5.74, 6) is 0. The van der Waals surface area contributed by atoms with Gasteiger partial charge in [-0.3, -0.25) is 0 Å². The number of nitrogens with one attached hydrogen (secondary N) is 1. The molecule has 0 atom stereocenters. The third kappa shape index (κ3) is 0.900. The van der Waals surface area contributed by atoms with Crippen LogP contribution in [0.15, 0.2) is 24.7 Å². The minimum absolute atomic E-state index is 1.03. The summed E-state index contributed by atoms with van der Waals surface area (Å²) in [6.45, 7) is 1.03. The summed E-state index contributed by atoms with van der Waals surface area (Å²) in [6.07, 6.45) is 4.57. The number of nitrogens with zero attached hydrogens (tertiary/aromatic N) is 2. The third-order valence-electron chi connectivity index (χ3n) is 2.49. The van der Waals surface area contributed by atoms with Crippen LogP contribution >= 0.6 is 0 Å². The van der Waals surface area contributed by atoms with Gasteiger partial charge in [-0.15, -0.1) is 0 Å². The molecule has 1 aliphatic rings. The monoisotopic (exact) mass is 171 g/mol. The maximum atomic E-state index is 4.22. The Kier molecular flexibility index (Phi) is 1.27. The predicted octanol–water partition coefficient (Wildman–Crippen LogP) is 1.60. The molecule has 3 nitrogen and oxygen atoms in total. The van der Waals surface area contributed by atoms with E-state index < -0.39 is 0 Å². The second kappa shape index (κ2) is 2.42. The molecule has 0 saturated heterocycles. The van der Waals surface area contributed by atoms with Crippen molar-refractivity contribution in [3.05, 3.63) is 30.2 Å². The lowest BCUT2D eigenvalue weighted by Crippen LogP contribution is -1.90. The molecule has 0 unspecified atom stereocenters. The molecular weight excluding hydrogens is 162 g/mol. The Labute approximate surface area is 75.8 Å². The highest BCUT2D eigenvalue weighted by atomic mass is 14.9. The fraction of sp³-hybridized carbons (Fsp3) is 0.200. The molecule has 0 amide bonds. The van der Waals surface area contributed by atoms with E-state index in [9.17, 15) is 0 Å². The Morgan fingerprint density at radius 2 is 2.31 bits per heavy atom. The van der Waals surface area contributed by atoms with E-state index in [1.165, 1.54) is 16.6 Å². The molecule has 2 heterocycles. The first-order valence-corrected chi connectivity index (χ1v) is 4.40. The molecule has 0 bridgehead atoms. The first kappa shape index (κ1) is 6.83. The van der Waals surface area contributed by atoms with Crippen molar-refractivity contribution in [2.75, 3.05) is 11.9 Å². The van der Waals surface area contributed by atoms with Gasteiger partial charge in [0.25, 0.3) is 0 Å². The number of hydrogen-bond acceptors (Lipinski definition) is 3. The number of fused-ring (bicyclic) bond motifs is 3. The molecule has 1 aromatic carbocycles. The minimum Gasteiger partial charge on any atom is -0.384 e. The molecule has 13 heavy (non-hydrogen) atoms. The van der Waals surface area contributed by atoms with Crippen LogP contribution in [0, 0.1) is 0 Å². The average molecular weight is 171 g/mol. The summed E-state index contributed by atoms with van der Waals surface area (Å²) in [5, 5.41) is 4.52. The van der Waals surface area contributed by atoms with E-state index in [1.54, 1.807) is 6.33 Å². The number of anilines is 1. The largest absolute Gasteiger partial charge is 0.384 e. The summed E-state index contributed by atoms with van der Waals surface area (Å²) < 4.78 is 0. The van der Waals surface area contributed by atoms with Crippen LogP contribution in [0.5, 0.6) is 0 Å². The molecule has 1 aliphatic heterocycles. The lowest BCUT2D eigenvalue weighted by atomic mass is 10.1. The zero-order valence-electron chi connectivity index (χ0n) is 7.12. The molecule has 1 N–H and O–H groups in total. The number of hydrogen-bond donors (Lipinski definition) is 1. The van der Waals surface area contributed by atoms with Crippen molar-refractivity contribution in [2.24, 2.45) is 0 Å². The highest BCUT2D eigenvalue weighted by molar-refractivity contribution is 5.87. The van der Waals surface area contributed by atoms with Gasteiger partial charge in [-0.05, 0) is 24.1 Å². The standard InChI is InChI=1S/C10H9N3/c1-2-10-8(5-11-6-13-10)7-3-4-12-9(1)7/h1-2,5-6,12H,3-4H2. The summed E-state index contributed by atoms with van der Waals surface area (Å²) in [6, 6.07) is 4.13. The van der Waals surface area contributed by atoms with Crippen LogP contribution in [0.2, 0.25) is 0 Å². The Morgan fingerprint density at radius 1 is 1.31 bits per heavy atom. The molecule has 64 valence electrons. The SMILES string of the molecule is c1ncc2c3c(ccc2n1)NCC3. The van der Waals surface area contributed by atoms with Crippen LogP contribution in [-0.4, -0.2) is 16.5 Å². The number of rotatable bonds is 0. The van der Waals surface area contributed by atoms with Gasteiger partial charge in [0.05, 0.1) is 5.52 Å². The Balaban J connectivity index is 2.43. The predicted molar refractivity (Wildman–Crippen MR) is 51.7 cm³/mol. The smallest absolute Gasteiger partial charge is 0.116 e. The lowest BCUT2D eigenvalue weighted by molar-refractivity contribution is 1.11. The summed E-state index contributed by atoms with van der Waals surface area (Å²) in [4.78, 5) is 8.27. The van der Waals surface area contributed by atoms with E-state index in [0.29, 0.717) is 0 Å². The minimum atomic E-state index is 1.03. The fourth-order valence-corrected chi connectivity index (χ4v) is 1.87. The van der Waals surface area contributed by atoms with E-state index in [4.69, 9.17) is 0 Å². The fourth-order valence-electron chi connectivity index (χ4n) is 1.87. The van der Waals surface area contributed by atoms with Gasteiger partial charge in [0.15, 0.2) is 0 Å². The van der Waals surface area contributed by atoms with E-state index in [2.05, 4.69) is 21.4 Å². The second-order valence-electron chi connectivity index (χ2n) is 3.22. The van der Waals surface area contributed by atoms with Gasteiger partial charge in [-0.1, -0.05) is 0 Å². The number of aromatic nitrogens is 2. The maximum absolute atomic E-state index is 4.22. The third-order valence-corrected chi connectivity index (χ3v) is 2.49. The van der Waals surface area contributed by atoms with Crippen LogP contribution in [0.4, 0.5) is 5.69 Å². The molecular formula is C10H9N3. The van der Waals surface area contributed by atoms with Crippen LogP contribution in [0.1, 0.15) is 5.56 Å². The van der Waals surface area contributed by atoms with E-state index >= 15 is 0 Å². The Bertz CT molecular complexity index is 465. The van der Waals surface area contributed by atoms with Crippen LogP contribution in [0.25, 0.3) is 10.9 Å². The maximum Gasteiger partial charge on any atom is 0.116 e. The van der Waals surface area contributed by atoms with Crippen molar-refractivity contribution in [3.8, 4) is 0 Å². The molecule has 2 aromatic rings. The van der Waals surface area contributed by atoms with E-state index in [1.807, 2.05) is 12.3 Å². The second-order valence-corrected chi connectivity index (χ2v) is 3.22. The van der Waals surface area contributed by atoms with Crippen LogP contribution in [-0.2, 0) is 6.42 Å². The van der Waals surface area contributed by atoms with Crippen molar-refractivity contribution in [2.45, 2.75) is 6.42 Å². The van der Waals surface area contributed by atoms with Gasteiger partial charge in [-0.25, -0.2) is 9.97 Å². The lowest BCUT2D eigenvalue weighted by Gasteiger charge is -2.02. The highest BCUT2D eigenvalue weighted by Crippen LogP contribution is 2.28. The van der Waals surface area contributed by atoms with E-state index in [-0.39, 0.29) is 0 Å². The van der Waals surface area contributed by atoms with Crippen molar-refractivity contribution in [1.29, 1.82) is 0 Å². The Hall–Kier alpha value is -1.64. The zero-order valence-corrected chi connectivity index (χ0v) is 7.12. The summed E-state index contributed by atoms with van der Waals surface area (Å²) >= 11 is 0. The van der Waals surface area contributed by atoms with Gasteiger partial charge in [-0.2, -0.15) is 0 Å². The molecule has 3 heteroatoms. The van der Waals surface area contributed by atoms with Crippen molar-refractivity contribution < 1.29 is 0 Å². The van der Waals surface area contributed by atoms with Gasteiger partial charge in [0.1, 0.15) is 6.33 Å². The molecule has 0 aliphatic carbocycles. The van der Waals surface area contributed by atoms with Gasteiger partial charge in [0, 0.05) is 23.8 Å². The van der Waals surface area contributed by atoms with Gasteiger partial charge >= 0.3 is 0 Å². The van der Waals surface area contributed by atoms with Crippen molar-refractivity contribution in [1.82, 2.24) is 9.97 Å².